The highest BCUT2D eigenvalue weighted by Gasteiger charge is 2.29. The molecule has 0 bridgehead atoms. The van der Waals surface area contributed by atoms with Crippen LogP contribution in [0.2, 0.25) is 0 Å². The first-order chi connectivity index (χ1) is 16.8. The molecular formula is C24H25N3O7S. The minimum Gasteiger partial charge on any atom is -0.462 e. The second-order valence-corrected chi connectivity index (χ2v) is 8.27. The molecule has 0 aliphatic heterocycles. The van der Waals surface area contributed by atoms with Gasteiger partial charge in [-0.15, -0.1) is 11.3 Å². The molecule has 1 atom stereocenters. The van der Waals surface area contributed by atoms with Crippen LogP contribution in [0.1, 0.15) is 56.7 Å². The lowest BCUT2D eigenvalue weighted by Gasteiger charge is -2.14. The van der Waals surface area contributed by atoms with Crippen molar-refractivity contribution < 1.29 is 33.4 Å². The maximum absolute atomic E-state index is 12.8. The molecule has 10 nitrogen and oxygen atoms in total. The normalized spacial score (nSPS) is 11.4. The van der Waals surface area contributed by atoms with Crippen molar-refractivity contribution in [1.82, 2.24) is 9.97 Å². The Bertz CT molecular complexity index is 1220. The summed E-state index contributed by atoms with van der Waals surface area (Å²) in [7, 11) is 0. The van der Waals surface area contributed by atoms with Crippen LogP contribution in [-0.4, -0.2) is 53.1 Å². The number of H-pyrrole nitrogens is 1. The van der Waals surface area contributed by atoms with Gasteiger partial charge in [0, 0.05) is 18.0 Å². The average molecular weight is 500 g/mol. The number of thiophene rings is 1. The molecular weight excluding hydrogens is 474 g/mol. The van der Waals surface area contributed by atoms with Crippen molar-refractivity contribution in [2.75, 3.05) is 18.5 Å². The molecule has 3 rings (SSSR count). The summed E-state index contributed by atoms with van der Waals surface area (Å²) in [6.07, 6.45) is 2.13. The number of aromatic nitrogens is 2. The van der Waals surface area contributed by atoms with Crippen molar-refractivity contribution in [2.45, 2.75) is 33.8 Å². The molecule has 0 fully saturated rings. The Kier molecular flexibility index (Phi) is 8.37. The lowest BCUT2D eigenvalue weighted by molar-refractivity contribution is -0.123. The molecule has 184 valence electrons. The first-order valence-corrected chi connectivity index (χ1v) is 11.7. The van der Waals surface area contributed by atoms with E-state index in [4.69, 9.17) is 14.2 Å². The van der Waals surface area contributed by atoms with E-state index in [2.05, 4.69) is 15.3 Å². The van der Waals surface area contributed by atoms with Crippen LogP contribution in [0.3, 0.4) is 0 Å². The number of aromatic amines is 1. The van der Waals surface area contributed by atoms with Gasteiger partial charge in [0.15, 0.2) is 6.10 Å². The number of esters is 3. The lowest BCUT2D eigenvalue weighted by Crippen LogP contribution is -2.30. The van der Waals surface area contributed by atoms with Crippen molar-refractivity contribution in [1.29, 1.82) is 0 Å². The zero-order chi connectivity index (χ0) is 25.5. The Morgan fingerprint density at radius 1 is 1.03 bits per heavy atom. The van der Waals surface area contributed by atoms with Crippen LogP contribution in [0.4, 0.5) is 5.00 Å². The van der Waals surface area contributed by atoms with Crippen molar-refractivity contribution in [3.63, 3.8) is 0 Å². The predicted octanol–water partition coefficient (Wildman–Crippen LogP) is 3.98. The summed E-state index contributed by atoms with van der Waals surface area (Å²) in [6, 6.07) is 6.55. The zero-order valence-corrected chi connectivity index (χ0v) is 20.5. The summed E-state index contributed by atoms with van der Waals surface area (Å²) in [5.41, 5.74) is 1.43. The van der Waals surface area contributed by atoms with Gasteiger partial charge in [0.25, 0.3) is 5.91 Å². The van der Waals surface area contributed by atoms with E-state index in [0.29, 0.717) is 11.4 Å². The van der Waals surface area contributed by atoms with E-state index in [9.17, 15) is 19.2 Å². The smallest absolute Gasteiger partial charge is 0.348 e. The fourth-order valence-corrected chi connectivity index (χ4v) is 4.22. The number of anilines is 1. The first-order valence-electron chi connectivity index (χ1n) is 10.9. The molecule has 0 aliphatic rings. The lowest BCUT2D eigenvalue weighted by atomic mass is 10.1. The molecule has 2 aromatic heterocycles. The standard InChI is InChI=1S/C24H25N3O7S/c1-5-32-23(30)17-13(3)18(24(31)33-6-2)35-21(17)27-20(28)14(4)34-22(29)16-9-7-15(8-10-16)19-25-11-12-26-19/h7-12,14H,5-6H2,1-4H3,(H,25,26)(H,27,28). The van der Waals surface area contributed by atoms with Crippen molar-refractivity contribution in [3.8, 4) is 11.4 Å². The third kappa shape index (κ3) is 5.93. The number of carbonyl (C=O) groups excluding carboxylic acids is 4. The minimum atomic E-state index is -1.18. The van der Waals surface area contributed by atoms with Crippen LogP contribution < -0.4 is 5.32 Å². The number of nitrogens with one attached hydrogen (secondary N) is 2. The Balaban J connectivity index is 1.73. The molecule has 1 unspecified atom stereocenters. The van der Waals surface area contributed by atoms with Gasteiger partial charge in [-0.1, -0.05) is 12.1 Å². The number of carbonyl (C=O) groups is 4. The summed E-state index contributed by atoms with van der Waals surface area (Å²) in [5.74, 6) is -2.01. The van der Waals surface area contributed by atoms with Gasteiger partial charge in [-0.3, -0.25) is 4.79 Å². The highest BCUT2D eigenvalue weighted by Crippen LogP contribution is 2.34. The van der Waals surface area contributed by atoms with E-state index >= 15 is 0 Å². The summed E-state index contributed by atoms with van der Waals surface area (Å²) < 4.78 is 15.4. The van der Waals surface area contributed by atoms with Crippen molar-refractivity contribution >= 4 is 40.2 Å². The third-order valence-electron chi connectivity index (χ3n) is 4.87. The molecule has 2 heterocycles. The largest absolute Gasteiger partial charge is 0.462 e. The quantitative estimate of drug-likeness (QED) is 0.333. The maximum atomic E-state index is 12.8. The van der Waals surface area contributed by atoms with Crippen LogP contribution >= 0.6 is 11.3 Å². The summed E-state index contributed by atoms with van der Waals surface area (Å²) in [4.78, 5) is 57.4. The second kappa shape index (κ2) is 11.4. The van der Waals surface area contributed by atoms with Crippen molar-refractivity contribution in [2.24, 2.45) is 0 Å². The Morgan fingerprint density at radius 2 is 1.69 bits per heavy atom. The summed E-state index contributed by atoms with van der Waals surface area (Å²) >= 11 is 0.893. The van der Waals surface area contributed by atoms with Gasteiger partial charge in [-0.25, -0.2) is 19.4 Å². The van der Waals surface area contributed by atoms with Gasteiger partial charge < -0.3 is 24.5 Å². The molecule has 0 saturated carbocycles. The predicted molar refractivity (Wildman–Crippen MR) is 128 cm³/mol. The Morgan fingerprint density at radius 3 is 2.29 bits per heavy atom. The number of rotatable bonds is 9. The summed E-state index contributed by atoms with van der Waals surface area (Å²) in [5, 5.41) is 2.68. The van der Waals surface area contributed by atoms with Gasteiger partial charge in [0.1, 0.15) is 15.7 Å². The molecule has 35 heavy (non-hydrogen) atoms. The van der Waals surface area contributed by atoms with Gasteiger partial charge in [0.05, 0.1) is 24.3 Å². The number of hydrogen-bond donors (Lipinski definition) is 2. The van der Waals surface area contributed by atoms with E-state index in [-0.39, 0.29) is 34.2 Å². The number of nitrogens with zero attached hydrogens (tertiary/aromatic N) is 1. The molecule has 0 saturated heterocycles. The van der Waals surface area contributed by atoms with Gasteiger partial charge in [-0.2, -0.15) is 0 Å². The third-order valence-corrected chi connectivity index (χ3v) is 6.06. The maximum Gasteiger partial charge on any atom is 0.348 e. The van der Waals surface area contributed by atoms with Crippen LogP contribution in [0.15, 0.2) is 36.7 Å². The van der Waals surface area contributed by atoms with Crippen LogP contribution in [0.25, 0.3) is 11.4 Å². The van der Waals surface area contributed by atoms with E-state index in [1.54, 1.807) is 57.4 Å². The number of hydrogen-bond acceptors (Lipinski definition) is 9. The fraction of sp³-hybridized carbons (Fsp3) is 0.292. The van der Waals surface area contributed by atoms with Gasteiger partial charge in [-0.05, 0) is 45.4 Å². The molecule has 1 aromatic carbocycles. The van der Waals surface area contributed by atoms with Crippen LogP contribution in [-0.2, 0) is 19.0 Å². The molecule has 3 aromatic rings. The SMILES string of the molecule is CCOC(=O)c1sc(NC(=O)C(C)OC(=O)c2ccc(-c3ncc[nH]3)cc2)c(C(=O)OCC)c1C. The molecule has 0 spiro atoms. The van der Waals surface area contributed by atoms with Crippen molar-refractivity contribution in [3.05, 3.63) is 58.2 Å². The minimum absolute atomic E-state index is 0.0558. The highest BCUT2D eigenvalue weighted by atomic mass is 32.1. The first kappa shape index (κ1) is 25.6. The number of benzene rings is 1. The fourth-order valence-electron chi connectivity index (χ4n) is 3.12. The second-order valence-electron chi connectivity index (χ2n) is 7.25. The van der Waals surface area contributed by atoms with Gasteiger partial charge in [0.2, 0.25) is 0 Å². The topological polar surface area (TPSA) is 137 Å². The molecule has 0 radical (unpaired) electrons. The van der Waals surface area contributed by atoms with Gasteiger partial charge >= 0.3 is 17.9 Å². The van der Waals surface area contributed by atoms with Crippen LogP contribution in [0, 0.1) is 6.92 Å². The van der Waals surface area contributed by atoms with E-state index in [0.717, 1.165) is 16.9 Å². The Labute approximate surface area is 205 Å². The average Bonchev–Trinajstić information content (AvgIpc) is 3.48. The number of amides is 1. The highest BCUT2D eigenvalue weighted by molar-refractivity contribution is 7.18. The summed E-state index contributed by atoms with van der Waals surface area (Å²) in [6.45, 7) is 6.55. The van der Waals surface area contributed by atoms with E-state index in [1.807, 2.05) is 0 Å². The number of ether oxygens (including phenoxy) is 3. The molecule has 1 amide bonds. The molecule has 0 aliphatic carbocycles. The Hall–Kier alpha value is -3.99. The monoisotopic (exact) mass is 499 g/mol. The number of imidazole rings is 1. The van der Waals surface area contributed by atoms with Crippen LogP contribution in [0.5, 0.6) is 0 Å². The molecule has 2 N–H and O–H groups in total. The van der Waals surface area contributed by atoms with E-state index < -0.39 is 29.9 Å². The van der Waals surface area contributed by atoms with E-state index in [1.165, 1.54) is 6.92 Å². The zero-order valence-electron chi connectivity index (χ0n) is 19.7. The molecule has 11 heteroatoms.